The van der Waals surface area contributed by atoms with Crippen molar-refractivity contribution in [2.75, 3.05) is 21.3 Å². The third-order valence-corrected chi connectivity index (χ3v) is 2.11. The van der Waals surface area contributed by atoms with Gasteiger partial charge in [-0.2, -0.15) is 0 Å². The van der Waals surface area contributed by atoms with Gasteiger partial charge in [0.25, 0.3) is 5.78 Å². The molecule has 16 heavy (non-hydrogen) atoms. The molecule has 1 amide bonds. The molecule has 86 valence electrons. The van der Waals surface area contributed by atoms with E-state index in [1.807, 2.05) is 0 Å². The third-order valence-electron chi connectivity index (χ3n) is 2.11. The monoisotopic (exact) mass is 223 g/mol. The Labute approximate surface area is 93.5 Å². The Hall–Kier alpha value is -1.88. The van der Waals surface area contributed by atoms with E-state index in [2.05, 4.69) is 4.84 Å². The fourth-order valence-electron chi connectivity index (χ4n) is 1.17. The second kappa shape index (κ2) is 5.27. The number of para-hydroxylation sites is 1. The van der Waals surface area contributed by atoms with E-state index in [1.54, 1.807) is 18.2 Å². The molecule has 0 aliphatic carbocycles. The number of hydrogen-bond acceptors (Lipinski definition) is 4. The second-order valence-corrected chi connectivity index (χ2v) is 3.01. The summed E-state index contributed by atoms with van der Waals surface area (Å²) in [6.45, 7) is 0. The largest absolute Gasteiger partial charge is 0.496 e. The first-order chi connectivity index (χ1) is 7.61. The number of ketones is 1. The second-order valence-electron chi connectivity index (χ2n) is 3.01. The van der Waals surface area contributed by atoms with Crippen LogP contribution >= 0.6 is 0 Å². The summed E-state index contributed by atoms with van der Waals surface area (Å²) >= 11 is 0. The quantitative estimate of drug-likeness (QED) is 0.432. The first kappa shape index (κ1) is 12.2. The van der Waals surface area contributed by atoms with Crippen LogP contribution in [-0.4, -0.2) is 38.0 Å². The maximum Gasteiger partial charge on any atom is 0.318 e. The zero-order valence-electron chi connectivity index (χ0n) is 9.39. The highest BCUT2D eigenvalue weighted by molar-refractivity contribution is 6.43. The minimum atomic E-state index is -0.744. The Morgan fingerprint density at radius 3 is 2.38 bits per heavy atom. The van der Waals surface area contributed by atoms with Gasteiger partial charge in [0.1, 0.15) is 5.75 Å². The van der Waals surface area contributed by atoms with Crippen LogP contribution in [0, 0.1) is 0 Å². The van der Waals surface area contributed by atoms with Gasteiger partial charge in [0, 0.05) is 7.05 Å². The number of benzene rings is 1. The summed E-state index contributed by atoms with van der Waals surface area (Å²) in [5, 5.41) is 0.870. The molecule has 5 nitrogen and oxygen atoms in total. The maximum absolute atomic E-state index is 11.8. The van der Waals surface area contributed by atoms with Crippen LogP contribution in [0.5, 0.6) is 5.75 Å². The fraction of sp³-hybridized carbons (Fsp3) is 0.273. The van der Waals surface area contributed by atoms with Crippen LogP contribution in [0.1, 0.15) is 10.4 Å². The lowest BCUT2D eigenvalue weighted by Crippen LogP contribution is -2.32. The lowest BCUT2D eigenvalue weighted by Gasteiger charge is -2.13. The molecule has 0 saturated heterocycles. The lowest BCUT2D eigenvalue weighted by atomic mass is 10.1. The summed E-state index contributed by atoms with van der Waals surface area (Å²) in [6, 6.07) is 6.53. The zero-order chi connectivity index (χ0) is 12.1. The van der Waals surface area contributed by atoms with Crippen LogP contribution in [0.4, 0.5) is 0 Å². The minimum absolute atomic E-state index is 0.221. The normalized spacial score (nSPS) is 9.69. The van der Waals surface area contributed by atoms with E-state index in [1.165, 1.54) is 27.3 Å². The Balaban J connectivity index is 3.00. The van der Waals surface area contributed by atoms with Crippen molar-refractivity contribution in [3.8, 4) is 5.75 Å². The van der Waals surface area contributed by atoms with Crippen molar-refractivity contribution in [2.24, 2.45) is 0 Å². The molecule has 1 rings (SSSR count). The molecule has 0 aliphatic heterocycles. The van der Waals surface area contributed by atoms with Gasteiger partial charge in [0.15, 0.2) is 0 Å². The van der Waals surface area contributed by atoms with E-state index in [-0.39, 0.29) is 5.56 Å². The maximum atomic E-state index is 11.8. The molecular formula is C11H13NO4. The summed E-state index contributed by atoms with van der Waals surface area (Å²) in [4.78, 5) is 28.0. The van der Waals surface area contributed by atoms with Crippen molar-refractivity contribution < 1.29 is 19.2 Å². The fourth-order valence-corrected chi connectivity index (χ4v) is 1.17. The van der Waals surface area contributed by atoms with Gasteiger partial charge < -0.3 is 4.74 Å². The molecular weight excluding hydrogens is 210 g/mol. The number of Topliss-reactive ketones (excluding diaryl/α,β-unsaturated/α-hetero) is 1. The van der Waals surface area contributed by atoms with Gasteiger partial charge in [-0.05, 0) is 12.1 Å². The molecule has 0 spiro atoms. The average Bonchev–Trinajstić information content (AvgIpc) is 2.35. The van der Waals surface area contributed by atoms with E-state index in [0.717, 1.165) is 5.06 Å². The van der Waals surface area contributed by atoms with E-state index in [4.69, 9.17) is 4.74 Å². The summed E-state index contributed by atoms with van der Waals surface area (Å²) in [6.07, 6.45) is 0. The number of amides is 1. The molecule has 0 saturated carbocycles. The van der Waals surface area contributed by atoms with Crippen LogP contribution in [0.3, 0.4) is 0 Å². The van der Waals surface area contributed by atoms with E-state index in [0.29, 0.717) is 5.75 Å². The highest BCUT2D eigenvalue weighted by Crippen LogP contribution is 2.18. The molecule has 1 aromatic rings. The van der Waals surface area contributed by atoms with Gasteiger partial charge in [-0.25, -0.2) is 5.06 Å². The Morgan fingerprint density at radius 1 is 1.19 bits per heavy atom. The minimum Gasteiger partial charge on any atom is -0.496 e. The highest BCUT2D eigenvalue weighted by Gasteiger charge is 2.23. The van der Waals surface area contributed by atoms with Crippen molar-refractivity contribution in [1.82, 2.24) is 5.06 Å². The van der Waals surface area contributed by atoms with Crippen LogP contribution in [0.2, 0.25) is 0 Å². The van der Waals surface area contributed by atoms with Gasteiger partial charge in [-0.3, -0.25) is 14.4 Å². The predicted molar refractivity (Wildman–Crippen MR) is 57.1 cm³/mol. The van der Waals surface area contributed by atoms with Crippen molar-refractivity contribution >= 4 is 11.7 Å². The Bertz CT molecular complexity index is 403. The molecule has 0 aliphatic rings. The van der Waals surface area contributed by atoms with Crippen LogP contribution in [0.15, 0.2) is 24.3 Å². The Kier molecular flexibility index (Phi) is 4.02. The number of methoxy groups -OCH3 is 1. The van der Waals surface area contributed by atoms with Crippen molar-refractivity contribution in [1.29, 1.82) is 0 Å². The standard InChI is InChI=1S/C11H13NO4/c1-12(16-3)11(14)10(13)8-6-4-5-7-9(8)15-2/h4-7H,1-3H3. The molecule has 0 heterocycles. The molecule has 0 bridgehead atoms. The summed E-state index contributed by atoms with van der Waals surface area (Å²) < 4.78 is 5.00. The highest BCUT2D eigenvalue weighted by atomic mass is 16.7. The SMILES string of the molecule is COc1ccccc1C(=O)C(=O)N(C)OC. The number of carbonyl (C=O) groups excluding carboxylic acids is 2. The lowest BCUT2D eigenvalue weighted by molar-refractivity contribution is -0.162. The molecule has 0 aromatic heterocycles. The summed E-state index contributed by atoms with van der Waals surface area (Å²) in [7, 11) is 4.12. The predicted octanol–water partition coefficient (Wildman–Crippen LogP) is 0.898. The van der Waals surface area contributed by atoms with Crippen molar-refractivity contribution in [3.63, 3.8) is 0 Å². The molecule has 0 unspecified atom stereocenters. The van der Waals surface area contributed by atoms with Crippen LogP contribution in [-0.2, 0) is 9.63 Å². The molecule has 0 N–H and O–H groups in total. The summed E-state index contributed by atoms with van der Waals surface area (Å²) in [5.41, 5.74) is 0.221. The number of rotatable bonds is 4. The first-order valence-corrected chi connectivity index (χ1v) is 4.61. The van der Waals surface area contributed by atoms with Crippen molar-refractivity contribution in [3.05, 3.63) is 29.8 Å². The molecule has 1 aromatic carbocycles. The van der Waals surface area contributed by atoms with E-state index < -0.39 is 11.7 Å². The van der Waals surface area contributed by atoms with E-state index >= 15 is 0 Å². The van der Waals surface area contributed by atoms with Crippen LogP contribution in [0.25, 0.3) is 0 Å². The first-order valence-electron chi connectivity index (χ1n) is 4.61. The zero-order valence-corrected chi connectivity index (χ0v) is 9.39. The van der Waals surface area contributed by atoms with Gasteiger partial charge in [-0.15, -0.1) is 0 Å². The third kappa shape index (κ3) is 2.38. The number of hydroxylamine groups is 2. The topological polar surface area (TPSA) is 55.8 Å². The van der Waals surface area contributed by atoms with Gasteiger partial charge in [-0.1, -0.05) is 12.1 Å². The molecule has 0 radical (unpaired) electrons. The van der Waals surface area contributed by atoms with Gasteiger partial charge in [0.05, 0.1) is 19.8 Å². The Morgan fingerprint density at radius 2 is 1.81 bits per heavy atom. The number of ether oxygens (including phenoxy) is 1. The summed E-state index contributed by atoms with van der Waals surface area (Å²) in [5.74, 6) is -1.04. The van der Waals surface area contributed by atoms with Crippen LogP contribution < -0.4 is 4.74 Å². The van der Waals surface area contributed by atoms with E-state index in [9.17, 15) is 9.59 Å². The molecule has 5 heteroatoms. The number of carbonyl (C=O) groups is 2. The molecule has 0 fully saturated rings. The smallest absolute Gasteiger partial charge is 0.318 e. The van der Waals surface area contributed by atoms with Crippen molar-refractivity contribution in [2.45, 2.75) is 0 Å². The number of likely N-dealkylation sites (N-methyl/N-ethyl adjacent to an activating group) is 1. The molecule has 0 atom stereocenters. The number of nitrogens with zero attached hydrogens (tertiary/aromatic N) is 1. The van der Waals surface area contributed by atoms with Gasteiger partial charge in [0.2, 0.25) is 0 Å². The number of hydrogen-bond donors (Lipinski definition) is 0. The average molecular weight is 223 g/mol. The van der Waals surface area contributed by atoms with Gasteiger partial charge >= 0.3 is 5.91 Å².